The van der Waals surface area contributed by atoms with Crippen LogP contribution in [0.15, 0.2) is 62.2 Å². The van der Waals surface area contributed by atoms with Crippen molar-refractivity contribution in [2.45, 2.75) is 39.6 Å². The number of fused-ring (bicyclic) bond motifs is 1. The molecule has 182 valence electrons. The highest BCUT2D eigenvalue weighted by Gasteiger charge is 2.40. The highest BCUT2D eigenvalue weighted by molar-refractivity contribution is 9.10. The molecule has 2 atom stereocenters. The second-order valence-corrected chi connectivity index (χ2v) is 10.4. The molecular weight excluding hydrogens is 525 g/mol. The summed E-state index contributed by atoms with van der Waals surface area (Å²) in [6.45, 7) is 7.07. The molecule has 0 aliphatic carbocycles. The van der Waals surface area contributed by atoms with E-state index in [4.69, 9.17) is 18.2 Å². The van der Waals surface area contributed by atoms with Crippen LogP contribution < -0.4 is 15.7 Å². The number of carbonyl (C=O) groups excluding carboxylic acids is 1. The van der Waals surface area contributed by atoms with E-state index >= 15 is 0 Å². The molecule has 0 saturated heterocycles. The van der Waals surface area contributed by atoms with Gasteiger partial charge in [-0.2, -0.15) is 0 Å². The minimum atomic E-state index is -3.77. The molecule has 3 aromatic rings. The first-order valence-electron chi connectivity index (χ1n) is 10.8. The maximum atomic E-state index is 13.6. The lowest BCUT2D eigenvalue weighted by Gasteiger charge is -2.29. The van der Waals surface area contributed by atoms with Crippen LogP contribution in [-0.4, -0.2) is 25.2 Å². The van der Waals surface area contributed by atoms with Crippen molar-refractivity contribution in [3.8, 4) is 5.75 Å². The number of carbonyl (C=O) groups is 1. The van der Waals surface area contributed by atoms with E-state index in [0.717, 1.165) is 10.9 Å². The Morgan fingerprint density at radius 2 is 1.79 bits per heavy atom. The van der Waals surface area contributed by atoms with E-state index in [1.807, 2.05) is 13.0 Å². The molecule has 1 amide bonds. The molecule has 0 bridgehead atoms. The van der Waals surface area contributed by atoms with Crippen LogP contribution in [0.4, 0.5) is 0 Å². The van der Waals surface area contributed by atoms with Gasteiger partial charge in [0.1, 0.15) is 11.3 Å². The summed E-state index contributed by atoms with van der Waals surface area (Å²) in [5.41, 5.74) is 1.23. The maximum Gasteiger partial charge on any atom is 0.357 e. The third-order valence-electron chi connectivity index (χ3n) is 5.02. The Morgan fingerprint density at radius 1 is 1.12 bits per heavy atom. The zero-order valence-electron chi connectivity index (χ0n) is 19.4. The van der Waals surface area contributed by atoms with Gasteiger partial charge >= 0.3 is 13.2 Å². The number of nitrogens with one attached hydrogen (secondary N) is 1. The number of hydrogen-bond acceptors (Lipinski definition) is 7. The van der Waals surface area contributed by atoms with Crippen LogP contribution in [0.3, 0.4) is 0 Å². The van der Waals surface area contributed by atoms with Crippen molar-refractivity contribution in [1.29, 1.82) is 0 Å². The van der Waals surface area contributed by atoms with Gasteiger partial charge in [-0.1, -0.05) is 34.1 Å². The summed E-state index contributed by atoms with van der Waals surface area (Å²) in [5.74, 6) is -1.23. The normalized spacial score (nSPS) is 13.4. The van der Waals surface area contributed by atoms with Crippen molar-refractivity contribution in [3.63, 3.8) is 0 Å². The first-order chi connectivity index (χ1) is 16.2. The molecule has 0 radical (unpaired) electrons. The SMILES string of the molecule is CCOP(=O)(OCC)[C@@H](NC(=O)[C@H](C)Oc1ccc2c(C)cc(=O)oc2c1)c1ccccc1Br. The van der Waals surface area contributed by atoms with Crippen molar-refractivity contribution in [2.24, 2.45) is 0 Å². The van der Waals surface area contributed by atoms with Crippen LogP contribution in [-0.2, 0) is 18.4 Å². The smallest absolute Gasteiger partial charge is 0.357 e. The third-order valence-corrected chi connectivity index (χ3v) is 8.02. The fraction of sp³-hybridized carbons (Fsp3) is 0.333. The van der Waals surface area contributed by atoms with Crippen molar-refractivity contribution >= 4 is 40.4 Å². The van der Waals surface area contributed by atoms with Crippen molar-refractivity contribution in [2.75, 3.05) is 13.2 Å². The standard InChI is InChI=1S/C24H27BrNO7P/c1-5-30-34(29,31-6-2)24(19-9-7-8-10-20(19)25)26-23(28)16(4)32-17-11-12-18-15(3)13-22(27)33-21(18)14-17/h7-14,16,24H,5-6H2,1-4H3,(H,26,28)/t16-,24+/m0/s1. The number of benzene rings is 2. The Morgan fingerprint density at radius 3 is 2.44 bits per heavy atom. The van der Waals surface area contributed by atoms with Crippen molar-refractivity contribution in [1.82, 2.24) is 5.32 Å². The molecule has 0 fully saturated rings. The topological polar surface area (TPSA) is 104 Å². The van der Waals surface area contributed by atoms with E-state index in [1.54, 1.807) is 57.2 Å². The van der Waals surface area contributed by atoms with Crippen LogP contribution in [0.1, 0.15) is 37.7 Å². The summed E-state index contributed by atoms with van der Waals surface area (Å²) in [6, 6.07) is 13.5. The predicted octanol–water partition coefficient (Wildman–Crippen LogP) is 5.71. The summed E-state index contributed by atoms with van der Waals surface area (Å²) in [5, 5.41) is 3.55. The van der Waals surface area contributed by atoms with Crippen molar-refractivity contribution < 1.29 is 27.6 Å². The lowest BCUT2D eigenvalue weighted by Crippen LogP contribution is -2.39. The van der Waals surface area contributed by atoms with E-state index in [9.17, 15) is 14.2 Å². The van der Waals surface area contributed by atoms with Crippen LogP contribution in [0.25, 0.3) is 11.0 Å². The number of amides is 1. The molecule has 8 nitrogen and oxygen atoms in total. The number of aryl methyl sites for hydroxylation is 1. The lowest BCUT2D eigenvalue weighted by molar-refractivity contribution is -0.127. The van der Waals surface area contributed by atoms with Gasteiger partial charge in [0.15, 0.2) is 11.9 Å². The van der Waals surface area contributed by atoms with Gasteiger partial charge < -0.3 is 23.5 Å². The molecule has 0 aliphatic rings. The second-order valence-electron chi connectivity index (χ2n) is 7.47. The van der Waals surface area contributed by atoms with E-state index < -0.39 is 31.0 Å². The van der Waals surface area contributed by atoms with Gasteiger partial charge in [0, 0.05) is 27.6 Å². The van der Waals surface area contributed by atoms with Crippen LogP contribution in [0.2, 0.25) is 0 Å². The molecule has 1 heterocycles. The van der Waals surface area contributed by atoms with Gasteiger partial charge in [-0.15, -0.1) is 0 Å². The molecule has 0 spiro atoms. The Labute approximate surface area is 206 Å². The van der Waals surface area contributed by atoms with Crippen LogP contribution >= 0.6 is 23.5 Å². The van der Waals surface area contributed by atoms with E-state index in [-0.39, 0.29) is 13.2 Å². The maximum absolute atomic E-state index is 13.6. The zero-order valence-corrected chi connectivity index (χ0v) is 21.9. The van der Waals surface area contributed by atoms with E-state index in [0.29, 0.717) is 21.4 Å². The molecule has 0 unspecified atom stereocenters. The lowest BCUT2D eigenvalue weighted by atomic mass is 10.1. The number of hydrogen-bond donors (Lipinski definition) is 1. The number of halogens is 1. The largest absolute Gasteiger partial charge is 0.481 e. The second kappa shape index (κ2) is 11.3. The molecule has 0 aliphatic heterocycles. The fourth-order valence-electron chi connectivity index (χ4n) is 3.46. The number of ether oxygens (including phenoxy) is 1. The fourth-order valence-corrected chi connectivity index (χ4v) is 6.09. The first-order valence-corrected chi connectivity index (χ1v) is 13.2. The van der Waals surface area contributed by atoms with Gasteiger partial charge in [0.2, 0.25) is 0 Å². The summed E-state index contributed by atoms with van der Waals surface area (Å²) in [4.78, 5) is 24.8. The molecule has 10 heteroatoms. The highest BCUT2D eigenvalue weighted by atomic mass is 79.9. The zero-order chi connectivity index (χ0) is 24.9. The van der Waals surface area contributed by atoms with Gasteiger partial charge in [0.05, 0.1) is 13.2 Å². The Kier molecular flexibility index (Phi) is 8.71. The summed E-state index contributed by atoms with van der Waals surface area (Å²) in [7, 11) is -3.77. The Hall–Kier alpha value is -2.45. The summed E-state index contributed by atoms with van der Waals surface area (Å²) in [6.07, 6.45) is -0.962. The molecule has 1 aromatic heterocycles. The van der Waals surface area contributed by atoms with Gasteiger partial charge in [-0.3, -0.25) is 9.36 Å². The number of rotatable bonds is 10. The summed E-state index contributed by atoms with van der Waals surface area (Å²) >= 11 is 3.46. The minimum absolute atomic E-state index is 0.141. The van der Waals surface area contributed by atoms with Crippen LogP contribution in [0, 0.1) is 6.92 Å². The van der Waals surface area contributed by atoms with Gasteiger partial charge in [-0.05, 0) is 51.5 Å². The van der Waals surface area contributed by atoms with Gasteiger partial charge in [0.25, 0.3) is 5.91 Å². The summed E-state index contributed by atoms with van der Waals surface area (Å²) < 4.78 is 36.4. The quantitative estimate of drug-likeness (QED) is 0.254. The highest BCUT2D eigenvalue weighted by Crippen LogP contribution is 2.60. The van der Waals surface area contributed by atoms with Crippen LogP contribution in [0.5, 0.6) is 5.75 Å². The van der Waals surface area contributed by atoms with Crippen molar-refractivity contribution in [3.05, 3.63) is 74.6 Å². The van der Waals surface area contributed by atoms with Gasteiger partial charge in [-0.25, -0.2) is 4.79 Å². The molecule has 3 rings (SSSR count). The van der Waals surface area contributed by atoms with E-state index in [2.05, 4.69) is 21.2 Å². The average molecular weight is 552 g/mol. The van der Waals surface area contributed by atoms with E-state index in [1.165, 1.54) is 6.07 Å². The molecule has 34 heavy (non-hydrogen) atoms. The minimum Gasteiger partial charge on any atom is -0.481 e. The predicted molar refractivity (Wildman–Crippen MR) is 133 cm³/mol. The molecule has 2 aromatic carbocycles. The Balaban J connectivity index is 1.87. The third kappa shape index (κ3) is 5.96. The average Bonchev–Trinajstić information content (AvgIpc) is 2.77. The molecular formula is C24H27BrNO7P. The Bertz CT molecular complexity index is 1270. The monoisotopic (exact) mass is 551 g/mol. The molecule has 0 saturated carbocycles. The first kappa shape index (κ1) is 26.2. The molecule has 1 N–H and O–H groups in total.